The van der Waals surface area contributed by atoms with E-state index in [4.69, 9.17) is 28.9 Å². The average Bonchev–Trinajstić information content (AvgIpc) is 2.91. The summed E-state index contributed by atoms with van der Waals surface area (Å²) in [6.45, 7) is 1.44. The van der Waals surface area contributed by atoms with Crippen LogP contribution >= 0.6 is 23.8 Å². The largest absolute Gasteiger partial charge is 0.378 e. The van der Waals surface area contributed by atoms with E-state index >= 15 is 0 Å². The van der Waals surface area contributed by atoms with E-state index in [1.54, 1.807) is 0 Å². The number of nitrogens with zero attached hydrogens (tertiary/aromatic N) is 5. The van der Waals surface area contributed by atoms with Crippen LogP contribution in [0, 0.1) is 4.77 Å². The molecule has 3 aromatic rings. The van der Waals surface area contributed by atoms with Gasteiger partial charge >= 0.3 is 0 Å². The summed E-state index contributed by atoms with van der Waals surface area (Å²) in [6, 6.07) is 16.2. The fourth-order valence-corrected chi connectivity index (χ4v) is 3.23. The number of halogens is 1. The number of hydrogen-bond donors (Lipinski definition) is 0. The smallest absolute Gasteiger partial charge is 0.199 e. The van der Waals surface area contributed by atoms with Crippen LogP contribution in [0.25, 0.3) is 11.4 Å². The van der Waals surface area contributed by atoms with Crippen LogP contribution in [0.2, 0.25) is 5.02 Å². The highest BCUT2D eigenvalue weighted by Crippen LogP contribution is 2.20. The highest BCUT2D eigenvalue weighted by molar-refractivity contribution is 7.71. The molecule has 0 aliphatic rings. The zero-order chi connectivity index (χ0) is 19.6. The fraction of sp³-hybridized carbons (Fsp3) is 0.300. The van der Waals surface area contributed by atoms with Crippen molar-refractivity contribution in [3.05, 3.63) is 63.9 Å². The average molecular weight is 402 g/mol. The minimum atomic E-state index is 0.621. The molecule has 0 saturated heterocycles. The van der Waals surface area contributed by atoms with Gasteiger partial charge in [-0.15, -0.1) is 0 Å². The summed E-state index contributed by atoms with van der Waals surface area (Å²) in [4.78, 5) is 4.29. The molecule has 0 radical (unpaired) electrons. The van der Waals surface area contributed by atoms with Crippen molar-refractivity contribution in [3.8, 4) is 11.4 Å². The van der Waals surface area contributed by atoms with Crippen molar-refractivity contribution in [1.29, 1.82) is 0 Å². The van der Waals surface area contributed by atoms with Gasteiger partial charge in [-0.3, -0.25) is 4.90 Å². The van der Waals surface area contributed by atoms with Crippen LogP contribution in [0.5, 0.6) is 0 Å². The summed E-state index contributed by atoms with van der Waals surface area (Å²) >= 11 is 11.6. The summed E-state index contributed by atoms with van der Waals surface area (Å²) < 4.78 is 4.47. The van der Waals surface area contributed by atoms with Gasteiger partial charge in [0, 0.05) is 44.0 Å². The van der Waals surface area contributed by atoms with Crippen molar-refractivity contribution >= 4 is 29.5 Å². The molecule has 27 heavy (non-hydrogen) atoms. The zero-order valence-corrected chi connectivity index (χ0v) is 17.6. The molecule has 0 fully saturated rings. The molecule has 0 bridgehead atoms. The number of hydrogen-bond acceptors (Lipinski definition) is 4. The predicted octanol–water partition coefficient (Wildman–Crippen LogP) is 4.43. The minimum Gasteiger partial charge on any atom is -0.378 e. The fourth-order valence-electron chi connectivity index (χ4n) is 2.92. The topological polar surface area (TPSA) is 29.2 Å². The minimum absolute atomic E-state index is 0.621. The Hall–Kier alpha value is -2.15. The molecular formula is C20H24ClN5S. The SMILES string of the molecule is CN(Cc1ccc(N(C)C)cc1)Cn1nc(-c2ccc(Cl)cc2)n(C)c1=S. The van der Waals surface area contributed by atoms with E-state index < -0.39 is 0 Å². The molecule has 0 atom stereocenters. The first kappa shape index (κ1) is 19.6. The molecule has 1 heterocycles. The van der Waals surface area contributed by atoms with Gasteiger partial charge in [0.2, 0.25) is 0 Å². The molecule has 5 nitrogen and oxygen atoms in total. The third-order valence-electron chi connectivity index (χ3n) is 4.42. The van der Waals surface area contributed by atoms with E-state index in [1.807, 2.05) is 54.7 Å². The molecule has 0 aliphatic heterocycles. The van der Waals surface area contributed by atoms with Crippen LogP contribution in [0.15, 0.2) is 48.5 Å². The lowest BCUT2D eigenvalue weighted by Gasteiger charge is -2.17. The lowest BCUT2D eigenvalue weighted by atomic mass is 10.2. The lowest BCUT2D eigenvalue weighted by Crippen LogP contribution is -2.22. The Morgan fingerprint density at radius 1 is 1.00 bits per heavy atom. The van der Waals surface area contributed by atoms with E-state index in [0.717, 1.165) is 17.9 Å². The number of aromatic nitrogens is 3. The third-order valence-corrected chi connectivity index (χ3v) is 5.16. The first-order chi connectivity index (χ1) is 12.8. The Kier molecular flexibility index (Phi) is 5.99. The Bertz CT molecular complexity index is 958. The number of anilines is 1. The number of rotatable bonds is 6. The maximum atomic E-state index is 5.99. The van der Waals surface area contributed by atoms with Crippen molar-refractivity contribution in [3.63, 3.8) is 0 Å². The molecule has 7 heteroatoms. The Balaban J connectivity index is 1.74. The highest BCUT2D eigenvalue weighted by atomic mass is 35.5. The van der Waals surface area contributed by atoms with Gasteiger partial charge in [-0.2, -0.15) is 5.10 Å². The summed E-state index contributed by atoms with van der Waals surface area (Å²) in [6.07, 6.45) is 0. The van der Waals surface area contributed by atoms with Crippen molar-refractivity contribution in [1.82, 2.24) is 19.2 Å². The maximum Gasteiger partial charge on any atom is 0.199 e. The Morgan fingerprint density at radius 2 is 1.63 bits per heavy atom. The predicted molar refractivity (Wildman–Crippen MR) is 115 cm³/mol. The molecule has 3 rings (SSSR count). The zero-order valence-electron chi connectivity index (χ0n) is 16.1. The van der Waals surface area contributed by atoms with Crippen molar-refractivity contribution in [2.24, 2.45) is 7.05 Å². The molecular weight excluding hydrogens is 378 g/mol. The summed E-state index contributed by atoms with van der Waals surface area (Å²) in [7, 11) is 8.10. The van der Waals surface area contributed by atoms with Crippen molar-refractivity contribution in [2.75, 3.05) is 26.0 Å². The van der Waals surface area contributed by atoms with Crippen LogP contribution < -0.4 is 4.90 Å². The normalized spacial score (nSPS) is 11.2. The van der Waals surface area contributed by atoms with E-state index in [-0.39, 0.29) is 0 Å². The summed E-state index contributed by atoms with van der Waals surface area (Å²) in [5.41, 5.74) is 3.44. The second-order valence-corrected chi connectivity index (χ2v) is 7.69. The van der Waals surface area contributed by atoms with Crippen LogP contribution in [0.3, 0.4) is 0 Å². The van der Waals surface area contributed by atoms with Crippen LogP contribution in [-0.2, 0) is 20.3 Å². The second-order valence-electron chi connectivity index (χ2n) is 6.89. The van der Waals surface area contributed by atoms with Gasteiger partial charge in [0.25, 0.3) is 0 Å². The molecule has 0 unspecified atom stereocenters. The second kappa shape index (κ2) is 8.25. The molecule has 0 aliphatic carbocycles. The molecule has 0 spiro atoms. The van der Waals surface area contributed by atoms with E-state index in [2.05, 4.69) is 41.1 Å². The molecule has 0 N–H and O–H groups in total. The van der Waals surface area contributed by atoms with Gasteiger partial charge < -0.3 is 9.47 Å². The highest BCUT2D eigenvalue weighted by Gasteiger charge is 2.11. The monoisotopic (exact) mass is 401 g/mol. The summed E-state index contributed by atoms with van der Waals surface area (Å²) in [5.74, 6) is 0.834. The van der Waals surface area contributed by atoms with Gasteiger partial charge in [0.1, 0.15) is 0 Å². The van der Waals surface area contributed by atoms with Crippen LogP contribution in [0.1, 0.15) is 5.56 Å². The lowest BCUT2D eigenvalue weighted by molar-refractivity contribution is 0.244. The van der Waals surface area contributed by atoms with Gasteiger partial charge in [-0.1, -0.05) is 23.7 Å². The molecule has 0 saturated carbocycles. The van der Waals surface area contributed by atoms with Gasteiger partial charge in [0.15, 0.2) is 10.6 Å². The molecule has 0 amide bonds. The van der Waals surface area contributed by atoms with Crippen molar-refractivity contribution < 1.29 is 0 Å². The quantitative estimate of drug-likeness (QED) is 0.571. The third kappa shape index (κ3) is 4.58. The maximum absolute atomic E-state index is 5.99. The van der Waals surface area contributed by atoms with E-state index in [9.17, 15) is 0 Å². The molecule has 2 aromatic carbocycles. The first-order valence-electron chi connectivity index (χ1n) is 8.69. The van der Waals surface area contributed by atoms with Gasteiger partial charge in [-0.05, 0) is 61.2 Å². The van der Waals surface area contributed by atoms with E-state index in [1.165, 1.54) is 11.3 Å². The Labute approximate surface area is 170 Å². The van der Waals surface area contributed by atoms with Crippen LogP contribution in [0.4, 0.5) is 5.69 Å². The molecule has 1 aromatic heterocycles. The van der Waals surface area contributed by atoms with Gasteiger partial charge in [-0.25, -0.2) is 4.68 Å². The number of benzene rings is 2. The molecule has 142 valence electrons. The van der Waals surface area contributed by atoms with E-state index in [0.29, 0.717) is 16.5 Å². The van der Waals surface area contributed by atoms with Crippen molar-refractivity contribution in [2.45, 2.75) is 13.2 Å². The standard InChI is InChI=1S/C20H24ClN5S/c1-23(2)18-11-5-15(6-12-18)13-24(3)14-26-20(27)25(4)19(22-26)16-7-9-17(21)10-8-16/h5-12H,13-14H2,1-4H3. The van der Waals surface area contributed by atoms with Crippen LogP contribution in [-0.4, -0.2) is 40.4 Å². The van der Waals surface area contributed by atoms with Gasteiger partial charge in [0.05, 0.1) is 6.67 Å². The summed E-state index contributed by atoms with van der Waals surface area (Å²) in [5, 5.41) is 5.42. The Morgan fingerprint density at radius 3 is 2.22 bits per heavy atom. The first-order valence-corrected chi connectivity index (χ1v) is 9.48.